The Kier molecular flexibility index (Phi) is 2.11. The predicted octanol–water partition coefficient (Wildman–Crippen LogP) is 2.45. The van der Waals surface area contributed by atoms with Gasteiger partial charge in [-0.1, -0.05) is 11.6 Å². The predicted molar refractivity (Wildman–Crippen MR) is 40.5 cm³/mol. The van der Waals surface area contributed by atoms with E-state index in [-0.39, 0.29) is 23.0 Å². The summed E-state index contributed by atoms with van der Waals surface area (Å²) in [5, 5.41) is 17.7. The van der Waals surface area contributed by atoms with Crippen LogP contribution in [-0.2, 0) is 0 Å². The van der Waals surface area contributed by atoms with Crippen molar-refractivity contribution in [2.75, 3.05) is 0 Å². The first-order valence-electron chi connectivity index (χ1n) is 2.73. The monoisotopic (exact) mass is 180 g/mol. The minimum Gasteiger partial charge on any atom is -0.511 e. The molecule has 4 heteroatoms. The van der Waals surface area contributed by atoms with Gasteiger partial charge in [0, 0.05) is 12.5 Å². The van der Waals surface area contributed by atoms with Crippen LogP contribution in [0.4, 0.5) is 0 Å². The minimum atomic E-state index is -0.497. The number of alkyl halides is 1. The van der Waals surface area contributed by atoms with Gasteiger partial charge in [-0.25, -0.2) is 0 Å². The summed E-state index contributed by atoms with van der Waals surface area (Å²) in [7, 11) is 0. The summed E-state index contributed by atoms with van der Waals surface area (Å²) in [5.74, 6) is -0.139. The second-order valence-corrected chi connectivity index (χ2v) is 3.01. The van der Waals surface area contributed by atoms with Crippen molar-refractivity contribution < 1.29 is 10.2 Å². The van der Waals surface area contributed by atoms with Gasteiger partial charge in [0.15, 0.2) is 0 Å². The van der Waals surface area contributed by atoms with Crippen LogP contribution in [0, 0.1) is 0 Å². The molecule has 1 aliphatic carbocycles. The molecule has 10 heavy (non-hydrogen) atoms. The van der Waals surface area contributed by atoms with Gasteiger partial charge in [-0.2, -0.15) is 0 Å². The first-order chi connectivity index (χ1) is 4.61. The highest BCUT2D eigenvalue weighted by atomic mass is 35.5. The van der Waals surface area contributed by atoms with Gasteiger partial charge in [-0.3, -0.25) is 0 Å². The first-order valence-corrected chi connectivity index (χ1v) is 3.55. The average molecular weight is 181 g/mol. The average Bonchev–Trinajstić information content (AvgIpc) is 1.84. The Morgan fingerprint density at radius 2 is 2.10 bits per heavy atom. The fourth-order valence-electron chi connectivity index (χ4n) is 0.675. The van der Waals surface area contributed by atoms with Crippen molar-refractivity contribution in [3.8, 4) is 0 Å². The molecule has 0 bridgehead atoms. The highest BCUT2D eigenvalue weighted by Crippen LogP contribution is 2.27. The normalized spacial score (nSPS) is 26.6. The van der Waals surface area contributed by atoms with Crippen LogP contribution < -0.4 is 0 Å². The van der Waals surface area contributed by atoms with Crippen molar-refractivity contribution in [3.05, 3.63) is 22.6 Å². The van der Waals surface area contributed by atoms with E-state index in [1.54, 1.807) is 0 Å². The third-order valence-electron chi connectivity index (χ3n) is 1.24. The molecule has 0 aliphatic heterocycles. The summed E-state index contributed by atoms with van der Waals surface area (Å²) in [6.45, 7) is 0. The van der Waals surface area contributed by atoms with Crippen LogP contribution >= 0.6 is 23.2 Å². The Morgan fingerprint density at radius 3 is 2.60 bits per heavy atom. The molecule has 1 aliphatic rings. The fourth-order valence-corrected chi connectivity index (χ4v) is 1.18. The van der Waals surface area contributed by atoms with E-state index in [1.165, 1.54) is 0 Å². The third-order valence-corrected chi connectivity index (χ3v) is 1.97. The lowest BCUT2D eigenvalue weighted by atomic mass is 10.1. The van der Waals surface area contributed by atoms with Crippen LogP contribution in [0.15, 0.2) is 22.6 Å². The van der Waals surface area contributed by atoms with Crippen molar-refractivity contribution in [1.29, 1.82) is 0 Å². The summed E-state index contributed by atoms with van der Waals surface area (Å²) in [4.78, 5) is 0. The quantitative estimate of drug-likeness (QED) is 0.563. The highest BCUT2D eigenvalue weighted by molar-refractivity contribution is 6.31. The number of rotatable bonds is 0. The molecule has 1 atom stereocenters. The molecule has 0 amide bonds. The largest absolute Gasteiger partial charge is 0.511 e. The Bertz CT molecular complexity index is 208. The number of aliphatic hydroxyl groups is 2. The van der Waals surface area contributed by atoms with Gasteiger partial charge in [-0.05, 0) is 0 Å². The van der Waals surface area contributed by atoms with Crippen LogP contribution in [0.1, 0.15) is 6.42 Å². The molecule has 1 unspecified atom stereocenters. The summed E-state index contributed by atoms with van der Waals surface area (Å²) >= 11 is 11.1. The van der Waals surface area contributed by atoms with E-state index < -0.39 is 5.38 Å². The van der Waals surface area contributed by atoms with Crippen molar-refractivity contribution in [2.45, 2.75) is 11.8 Å². The molecule has 0 heterocycles. The number of halogens is 2. The minimum absolute atomic E-state index is 0.0384. The third kappa shape index (κ3) is 1.39. The van der Waals surface area contributed by atoms with Crippen molar-refractivity contribution >= 4 is 23.2 Å². The van der Waals surface area contributed by atoms with E-state index >= 15 is 0 Å². The Morgan fingerprint density at radius 1 is 1.50 bits per heavy atom. The molecule has 0 fully saturated rings. The summed E-state index contributed by atoms with van der Waals surface area (Å²) < 4.78 is 0. The van der Waals surface area contributed by atoms with Gasteiger partial charge < -0.3 is 10.2 Å². The van der Waals surface area contributed by atoms with Gasteiger partial charge in [-0.15, -0.1) is 11.6 Å². The van der Waals surface area contributed by atoms with Crippen molar-refractivity contribution in [1.82, 2.24) is 0 Å². The maximum atomic E-state index is 8.94. The zero-order valence-corrected chi connectivity index (χ0v) is 6.52. The molecular weight excluding hydrogens is 175 g/mol. The van der Waals surface area contributed by atoms with Gasteiger partial charge >= 0.3 is 0 Å². The van der Waals surface area contributed by atoms with Crippen LogP contribution in [0.5, 0.6) is 0 Å². The van der Waals surface area contributed by atoms with Gasteiger partial charge in [0.05, 0.1) is 10.4 Å². The molecule has 0 saturated carbocycles. The van der Waals surface area contributed by atoms with E-state index in [4.69, 9.17) is 33.4 Å². The van der Waals surface area contributed by atoms with E-state index in [2.05, 4.69) is 0 Å². The second kappa shape index (κ2) is 2.72. The number of hydrogen-bond donors (Lipinski definition) is 2. The molecule has 2 nitrogen and oxygen atoms in total. The van der Waals surface area contributed by atoms with Crippen LogP contribution in [-0.4, -0.2) is 15.6 Å². The van der Waals surface area contributed by atoms with Crippen molar-refractivity contribution in [3.63, 3.8) is 0 Å². The fraction of sp³-hybridized carbons (Fsp3) is 0.333. The van der Waals surface area contributed by atoms with Gasteiger partial charge in [0.2, 0.25) is 0 Å². The Balaban J connectivity index is 2.88. The van der Waals surface area contributed by atoms with Crippen LogP contribution in [0.25, 0.3) is 0 Å². The summed E-state index contributed by atoms with van der Waals surface area (Å²) in [6.07, 6.45) is 1.45. The summed E-state index contributed by atoms with van der Waals surface area (Å²) in [5.41, 5.74) is 0. The van der Waals surface area contributed by atoms with Crippen LogP contribution in [0.3, 0.4) is 0 Å². The standard InChI is InChI=1S/C6H6Cl2O2/c7-3-1-4(8)6(10)2-5(3)9/h2-3,9-10H,1H2. The molecule has 2 N–H and O–H groups in total. The van der Waals surface area contributed by atoms with E-state index in [1.807, 2.05) is 0 Å². The number of aliphatic hydroxyl groups excluding tert-OH is 2. The zero-order chi connectivity index (χ0) is 7.72. The molecule has 0 aromatic rings. The number of hydrogen-bond acceptors (Lipinski definition) is 2. The Labute approximate surface area is 68.4 Å². The van der Waals surface area contributed by atoms with E-state index in [0.717, 1.165) is 6.08 Å². The molecule has 0 aromatic heterocycles. The van der Waals surface area contributed by atoms with Crippen molar-refractivity contribution in [2.24, 2.45) is 0 Å². The highest BCUT2D eigenvalue weighted by Gasteiger charge is 2.19. The molecular formula is C6H6Cl2O2. The maximum absolute atomic E-state index is 8.94. The lowest BCUT2D eigenvalue weighted by Crippen LogP contribution is -2.08. The molecule has 0 aromatic carbocycles. The lowest BCUT2D eigenvalue weighted by molar-refractivity contribution is 0.364. The SMILES string of the molecule is OC1=CC(O)=C(Cl)CC1Cl. The van der Waals surface area contributed by atoms with Gasteiger partial charge in [0.25, 0.3) is 0 Å². The zero-order valence-electron chi connectivity index (χ0n) is 5.01. The Hall–Kier alpha value is -0.340. The topological polar surface area (TPSA) is 40.5 Å². The first kappa shape index (κ1) is 7.76. The lowest BCUT2D eigenvalue weighted by Gasteiger charge is -2.13. The molecule has 56 valence electrons. The molecule has 0 spiro atoms. The summed E-state index contributed by atoms with van der Waals surface area (Å²) in [6, 6.07) is 0. The number of allylic oxidation sites excluding steroid dienone is 3. The molecule has 1 rings (SSSR count). The molecule has 0 radical (unpaired) electrons. The van der Waals surface area contributed by atoms with E-state index in [0.29, 0.717) is 0 Å². The van der Waals surface area contributed by atoms with Gasteiger partial charge in [0.1, 0.15) is 11.5 Å². The smallest absolute Gasteiger partial charge is 0.133 e. The second-order valence-electron chi connectivity index (χ2n) is 2.03. The maximum Gasteiger partial charge on any atom is 0.133 e. The van der Waals surface area contributed by atoms with Crippen LogP contribution in [0.2, 0.25) is 0 Å². The van der Waals surface area contributed by atoms with E-state index in [9.17, 15) is 0 Å². The molecule has 0 saturated heterocycles.